The molecule has 1 amide bonds. The molecular weight excluding hydrogens is 903 g/mol. The van der Waals surface area contributed by atoms with Gasteiger partial charge in [0.1, 0.15) is 28.4 Å². The number of ether oxygens (including phenoxy) is 5. The van der Waals surface area contributed by atoms with Crippen LogP contribution in [0.2, 0.25) is 0 Å². The van der Waals surface area contributed by atoms with E-state index in [2.05, 4.69) is 36.7 Å². The van der Waals surface area contributed by atoms with Gasteiger partial charge < -0.3 is 44.0 Å². The molecule has 68 heavy (non-hydrogen) atoms. The van der Waals surface area contributed by atoms with E-state index in [9.17, 15) is 28.4 Å². The first-order valence-electron chi connectivity index (χ1n) is 23.6. The lowest BCUT2D eigenvalue weighted by Crippen LogP contribution is -2.75. The van der Waals surface area contributed by atoms with Crippen LogP contribution < -0.4 is 19.7 Å². The SMILES string of the molecule is C[C@@H]1CC[C@H]2[C@@](C)(O)[C@@H](OCCN3CCN(c4ccc(C(=O)NS(=O)(=O)c5ccc(NCC6CCOCC6)c([N+](=O)[O-])c5)c(Oc5cnc6[nH]ccc6c5)c4)CC3)O[C@@H]3O[C@@]4(C)CC[C@@H]1[C@]32OO4. The van der Waals surface area contributed by atoms with Crippen LogP contribution in [0.1, 0.15) is 69.7 Å². The van der Waals surface area contributed by atoms with Crippen molar-refractivity contribution in [2.75, 3.05) is 69.3 Å². The average molecular weight is 962 g/mol. The van der Waals surface area contributed by atoms with Crippen LogP contribution in [0.4, 0.5) is 17.1 Å². The molecule has 2 aromatic heterocycles. The van der Waals surface area contributed by atoms with Crippen molar-refractivity contribution in [2.24, 2.45) is 23.7 Å². The van der Waals surface area contributed by atoms with Crippen molar-refractivity contribution in [3.05, 3.63) is 76.6 Å². The summed E-state index contributed by atoms with van der Waals surface area (Å²) in [7, 11) is -4.59. The van der Waals surface area contributed by atoms with E-state index in [1.165, 1.54) is 24.4 Å². The number of carbonyl (C=O) groups is 1. The zero-order valence-corrected chi connectivity index (χ0v) is 39.2. The standard InChI is InChI=1S/C47H59N7O13S/c1-29-4-9-40-46(3,56)43(64-44-47(40)36(29)10-14-45(2,65-44)66-67-47)62-23-20-52-16-18-53(19-17-52)32-5-7-35(39(25-32)63-33-24-31-11-15-48-41(31)50-28-33)42(55)51-68(59,60)34-6-8-37(38(26-34)54(57)58)49-27-30-12-21-61-22-13-30/h5-8,11,15,24-26,28-30,36,40,43-44,49,56H,4,9-10,12-14,16-23,27H2,1-3H3,(H,48,50)(H,51,55)/t29-,36+,40+,43+,44-,45-,46-,47-/m1/s1. The number of carbonyl (C=O) groups excluding carboxylic acids is 1. The highest BCUT2D eigenvalue weighted by Crippen LogP contribution is 2.61. The highest BCUT2D eigenvalue weighted by Gasteiger charge is 2.73. The molecule has 20 nitrogen and oxygen atoms in total. The Bertz CT molecular complexity index is 2640. The van der Waals surface area contributed by atoms with E-state index in [1.807, 2.05) is 13.0 Å². The molecule has 11 rings (SSSR count). The minimum Gasteiger partial charge on any atom is -0.455 e. The Labute approximate surface area is 394 Å². The predicted octanol–water partition coefficient (Wildman–Crippen LogP) is 5.68. The molecule has 21 heteroatoms. The number of anilines is 2. The van der Waals surface area contributed by atoms with Crippen LogP contribution in [-0.2, 0) is 38.7 Å². The monoisotopic (exact) mass is 961 g/mol. The Balaban J connectivity index is 0.805. The Kier molecular flexibility index (Phi) is 12.7. The number of nitrogens with zero attached hydrogens (tertiary/aromatic N) is 4. The number of benzene rings is 2. The van der Waals surface area contributed by atoms with Gasteiger partial charge in [0, 0.05) is 94.2 Å². The Morgan fingerprint density at radius 2 is 1.84 bits per heavy atom. The molecule has 0 unspecified atom stereocenters. The van der Waals surface area contributed by atoms with E-state index in [-0.39, 0.29) is 34.8 Å². The average Bonchev–Trinajstić information content (AvgIpc) is 3.68. The number of sulfonamides is 1. The maximum Gasteiger partial charge on any atom is 0.293 e. The van der Waals surface area contributed by atoms with Crippen molar-refractivity contribution in [3.8, 4) is 11.5 Å². The molecular formula is C47H59N7O13S. The van der Waals surface area contributed by atoms with Gasteiger partial charge >= 0.3 is 0 Å². The zero-order valence-electron chi connectivity index (χ0n) is 38.4. The van der Waals surface area contributed by atoms with E-state index in [4.69, 9.17) is 33.5 Å². The second-order valence-electron chi connectivity index (χ2n) is 19.4. The van der Waals surface area contributed by atoms with Crippen LogP contribution in [-0.4, -0.2) is 128 Å². The van der Waals surface area contributed by atoms with Crippen molar-refractivity contribution >= 4 is 44.0 Å². The van der Waals surface area contributed by atoms with Crippen molar-refractivity contribution < 1.29 is 56.7 Å². The summed E-state index contributed by atoms with van der Waals surface area (Å²) in [5.74, 6) is -1.12. The van der Waals surface area contributed by atoms with Gasteiger partial charge in [0.25, 0.3) is 21.6 Å². The molecule has 1 saturated carbocycles. The van der Waals surface area contributed by atoms with Crippen LogP contribution in [0.3, 0.4) is 0 Å². The van der Waals surface area contributed by atoms with Crippen molar-refractivity contribution in [3.63, 3.8) is 0 Å². The van der Waals surface area contributed by atoms with Crippen LogP contribution in [0, 0.1) is 33.8 Å². The number of pyridine rings is 1. The molecule has 6 aliphatic heterocycles. The second kappa shape index (κ2) is 18.4. The quantitative estimate of drug-likeness (QED) is 0.0675. The topological polar surface area (TPSA) is 238 Å². The zero-order chi connectivity index (χ0) is 47.4. The van der Waals surface area contributed by atoms with Gasteiger partial charge in [-0.3, -0.25) is 19.8 Å². The molecule has 1 spiro atoms. The van der Waals surface area contributed by atoms with Gasteiger partial charge in [-0.1, -0.05) is 6.92 Å². The molecule has 7 aliphatic rings. The molecule has 2 bridgehead atoms. The highest BCUT2D eigenvalue weighted by atomic mass is 32.2. The lowest BCUT2D eigenvalue weighted by Gasteiger charge is -2.62. The Morgan fingerprint density at radius 1 is 1.03 bits per heavy atom. The van der Waals surface area contributed by atoms with Crippen LogP contribution in [0.15, 0.2) is 65.8 Å². The van der Waals surface area contributed by atoms with E-state index in [0.717, 1.165) is 49.2 Å². The van der Waals surface area contributed by atoms with Crippen molar-refractivity contribution in [1.82, 2.24) is 19.6 Å². The van der Waals surface area contributed by atoms with E-state index in [0.29, 0.717) is 82.8 Å². The Morgan fingerprint density at radius 3 is 2.63 bits per heavy atom. The van der Waals surface area contributed by atoms with Gasteiger partial charge in [-0.2, -0.15) is 0 Å². The van der Waals surface area contributed by atoms with Gasteiger partial charge in [0.15, 0.2) is 18.2 Å². The summed E-state index contributed by atoms with van der Waals surface area (Å²) in [6.07, 6.45) is 6.37. The summed E-state index contributed by atoms with van der Waals surface area (Å²) in [5, 5.41) is 28.0. The number of piperazine rings is 1. The van der Waals surface area contributed by atoms with Crippen molar-refractivity contribution in [2.45, 2.75) is 93.8 Å². The van der Waals surface area contributed by atoms with Gasteiger partial charge in [-0.05, 0) is 100 Å². The number of H-pyrrole nitrogens is 1. The molecule has 4 N–H and O–H groups in total. The number of hydrogen-bond donors (Lipinski definition) is 4. The number of amides is 1. The number of nitro groups is 1. The molecule has 2 aromatic carbocycles. The van der Waals surface area contributed by atoms with Gasteiger partial charge in [-0.25, -0.2) is 27.9 Å². The molecule has 7 fully saturated rings. The highest BCUT2D eigenvalue weighted by molar-refractivity contribution is 7.90. The molecule has 366 valence electrons. The minimum atomic E-state index is -4.59. The molecule has 1 aliphatic carbocycles. The minimum absolute atomic E-state index is 0.0770. The molecule has 6 saturated heterocycles. The Hall–Kier alpha value is -4.97. The van der Waals surface area contributed by atoms with E-state index >= 15 is 0 Å². The largest absolute Gasteiger partial charge is 0.455 e. The van der Waals surface area contributed by atoms with Crippen LogP contribution in [0.5, 0.6) is 11.5 Å². The normalized spacial score (nSPS) is 30.9. The lowest BCUT2D eigenvalue weighted by molar-refractivity contribution is -0.584. The lowest BCUT2D eigenvalue weighted by atomic mass is 9.57. The fraction of sp³-hybridized carbons (Fsp3) is 0.574. The van der Waals surface area contributed by atoms with Crippen molar-refractivity contribution in [1.29, 1.82) is 0 Å². The predicted molar refractivity (Wildman–Crippen MR) is 245 cm³/mol. The second-order valence-corrected chi connectivity index (χ2v) is 21.1. The molecule has 0 radical (unpaired) electrons. The summed E-state index contributed by atoms with van der Waals surface area (Å²) in [4.78, 5) is 48.9. The van der Waals surface area contributed by atoms with Gasteiger partial charge in [0.2, 0.25) is 5.79 Å². The van der Waals surface area contributed by atoms with Crippen LogP contribution >= 0.6 is 0 Å². The third-order valence-electron chi connectivity index (χ3n) is 15.0. The summed E-state index contributed by atoms with van der Waals surface area (Å²) in [6.45, 7) is 11.0. The third kappa shape index (κ3) is 8.92. The fourth-order valence-corrected chi connectivity index (χ4v) is 12.1. The third-order valence-corrected chi connectivity index (χ3v) is 16.3. The summed E-state index contributed by atoms with van der Waals surface area (Å²) >= 11 is 0. The number of aliphatic hydroxyl groups is 1. The molecule has 4 aromatic rings. The number of aromatic amines is 1. The number of nitro benzene ring substituents is 1. The fourth-order valence-electron chi connectivity index (χ4n) is 11.1. The first-order valence-corrected chi connectivity index (χ1v) is 25.0. The van der Waals surface area contributed by atoms with Crippen LogP contribution in [0.25, 0.3) is 11.0 Å². The first-order chi connectivity index (χ1) is 32.6. The summed E-state index contributed by atoms with van der Waals surface area (Å²) < 4.78 is 60.5. The number of aromatic nitrogens is 2. The maximum absolute atomic E-state index is 13.9. The van der Waals surface area contributed by atoms with Gasteiger partial charge in [0.05, 0.1) is 28.2 Å². The number of rotatable bonds is 14. The summed E-state index contributed by atoms with van der Waals surface area (Å²) in [5.41, 5.74) is -1.24. The number of nitrogens with one attached hydrogen (secondary N) is 3. The molecule has 8 atom stereocenters. The smallest absolute Gasteiger partial charge is 0.293 e. The van der Waals surface area contributed by atoms with Gasteiger partial charge in [-0.15, -0.1) is 0 Å². The maximum atomic E-state index is 13.9. The van der Waals surface area contributed by atoms with E-state index < -0.39 is 61.0 Å². The number of hydrogen-bond acceptors (Lipinski definition) is 17. The number of fused-ring (bicyclic) bond motifs is 3. The van der Waals surface area contributed by atoms with E-state index in [1.54, 1.807) is 31.3 Å². The first kappa shape index (κ1) is 46.7. The summed E-state index contributed by atoms with van der Waals surface area (Å²) in [6, 6.07) is 12.0. The molecule has 8 heterocycles.